The van der Waals surface area contributed by atoms with Crippen molar-refractivity contribution in [1.29, 1.82) is 0 Å². The number of hydrogen-bond donors (Lipinski definition) is 0. The highest BCUT2D eigenvalue weighted by atomic mass is 16.5. The molecule has 0 amide bonds. The van der Waals surface area contributed by atoms with Gasteiger partial charge in [0.2, 0.25) is 0 Å². The molecular weight excluding hydrogens is 160 g/mol. The van der Waals surface area contributed by atoms with Crippen molar-refractivity contribution in [3.8, 4) is 0 Å². The summed E-state index contributed by atoms with van der Waals surface area (Å²) in [4.78, 5) is 0. The number of allylic oxidation sites excluding steroid dienone is 2. The maximum absolute atomic E-state index is 4.81. The Bertz CT molecular complexity index is 127. The van der Waals surface area contributed by atoms with E-state index in [4.69, 9.17) is 4.74 Å². The summed E-state index contributed by atoms with van der Waals surface area (Å²) in [5, 5.41) is 0. The highest BCUT2D eigenvalue weighted by Crippen LogP contribution is 2.07. The van der Waals surface area contributed by atoms with Crippen LogP contribution in [-0.4, -0.2) is 7.11 Å². The van der Waals surface area contributed by atoms with Gasteiger partial charge in [0.05, 0.1) is 13.4 Å². The van der Waals surface area contributed by atoms with Gasteiger partial charge in [-0.15, -0.1) is 6.58 Å². The predicted octanol–water partition coefficient (Wildman–Crippen LogP) is 4.06. The Kier molecular flexibility index (Phi) is 10.7. The van der Waals surface area contributed by atoms with Crippen LogP contribution < -0.4 is 0 Å². The molecule has 0 fully saturated rings. The molecule has 0 spiro atoms. The van der Waals surface area contributed by atoms with E-state index in [1.165, 1.54) is 38.5 Å². The maximum atomic E-state index is 4.81. The van der Waals surface area contributed by atoms with Crippen LogP contribution in [0, 0.1) is 0 Å². The second-order valence-electron chi connectivity index (χ2n) is 3.24. The van der Waals surface area contributed by atoms with Gasteiger partial charge < -0.3 is 4.74 Å². The molecule has 0 rings (SSSR count). The Morgan fingerprint density at radius 2 is 1.62 bits per heavy atom. The van der Waals surface area contributed by atoms with Gasteiger partial charge in [0, 0.05) is 0 Å². The van der Waals surface area contributed by atoms with Crippen molar-refractivity contribution in [3.63, 3.8) is 0 Å². The van der Waals surface area contributed by atoms with E-state index in [2.05, 4.69) is 12.7 Å². The van der Waals surface area contributed by atoms with Gasteiger partial charge in [-0.3, -0.25) is 0 Å². The summed E-state index contributed by atoms with van der Waals surface area (Å²) in [7, 11) is 1.69. The summed E-state index contributed by atoms with van der Waals surface area (Å²) < 4.78 is 4.81. The standard InChI is InChI=1S/C12H22O/c1-3-4-5-6-7-8-9-10-11-12-13-2/h3,11-12H,1,4-10H2,2H3/b12-11+. The topological polar surface area (TPSA) is 9.23 Å². The van der Waals surface area contributed by atoms with Crippen LogP contribution in [-0.2, 0) is 4.74 Å². The highest BCUT2D eigenvalue weighted by Gasteiger charge is 1.88. The van der Waals surface area contributed by atoms with Crippen LogP contribution in [0.4, 0.5) is 0 Å². The van der Waals surface area contributed by atoms with Gasteiger partial charge in [0.15, 0.2) is 0 Å². The van der Waals surface area contributed by atoms with E-state index in [0.29, 0.717) is 0 Å². The lowest BCUT2D eigenvalue weighted by molar-refractivity contribution is 0.336. The zero-order chi connectivity index (χ0) is 9.78. The molecule has 0 aliphatic carbocycles. The van der Waals surface area contributed by atoms with Crippen molar-refractivity contribution in [2.24, 2.45) is 0 Å². The second-order valence-corrected chi connectivity index (χ2v) is 3.24. The molecule has 0 atom stereocenters. The average molecular weight is 182 g/mol. The third kappa shape index (κ3) is 11.3. The van der Waals surface area contributed by atoms with Crippen LogP contribution in [0.5, 0.6) is 0 Å². The zero-order valence-electron chi connectivity index (χ0n) is 8.80. The van der Waals surface area contributed by atoms with E-state index in [1.807, 2.05) is 6.08 Å². The largest absolute Gasteiger partial charge is 0.505 e. The molecule has 0 aromatic carbocycles. The van der Waals surface area contributed by atoms with Crippen molar-refractivity contribution in [2.75, 3.05) is 7.11 Å². The smallest absolute Gasteiger partial charge is 0.0784 e. The molecule has 0 aliphatic heterocycles. The van der Waals surface area contributed by atoms with Crippen molar-refractivity contribution in [3.05, 3.63) is 25.0 Å². The fourth-order valence-corrected chi connectivity index (χ4v) is 1.25. The molecule has 0 heterocycles. The minimum atomic E-state index is 1.15. The van der Waals surface area contributed by atoms with Crippen LogP contribution in [0.3, 0.4) is 0 Å². The van der Waals surface area contributed by atoms with Gasteiger partial charge in [0.1, 0.15) is 0 Å². The van der Waals surface area contributed by atoms with Gasteiger partial charge in [-0.2, -0.15) is 0 Å². The Labute approximate surface area is 82.5 Å². The molecule has 0 unspecified atom stereocenters. The summed E-state index contributed by atoms with van der Waals surface area (Å²) in [5.74, 6) is 0. The summed E-state index contributed by atoms with van der Waals surface area (Å²) in [6.07, 6.45) is 14.8. The van der Waals surface area contributed by atoms with Crippen molar-refractivity contribution in [1.82, 2.24) is 0 Å². The molecule has 0 radical (unpaired) electrons. The predicted molar refractivity (Wildman–Crippen MR) is 58.7 cm³/mol. The number of unbranched alkanes of at least 4 members (excludes halogenated alkanes) is 6. The Hall–Kier alpha value is -0.720. The van der Waals surface area contributed by atoms with Gasteiger partial charge in [0.25, 0.3) is 0 Å². The Morgan fingerprint density at radius 3 is 2.23 bits per heavy atom. The molecule has 0 N–H and O–H groups in total. The molecule has 0 saturated heterocycles. The highest BCUT2D eigenvalue weighted by molar-refractivity contribution is 4.72. The van der Waals surface area contributed by atoms with Crippen LogP contribution in [0.2, 0.25) is 0 Å². The minimum Gasteiger partial charge on any atom is -0.505 e. The monoisotopic (exact) mass is 182 g/mol. The molecule has 0 aliphatic rings. The first-order valence-electron chi connectivity index (χ1n) is 5.20. The SMILES string of the molecule is C=CCCCCCCC/C=C/OC. The van der Waals surface area contributed by atoms with Gasteiger partial charge >= 0.3 is 0 Å². The van der Waals surface area contributed by atoms with Crippen molar-refractivity contribution >= 4 is 0 Å². The van der Waals surface area contributed by atoms with E-state index < -0.39 is 0 Å². The number of hydrogen-bond acceptors (Lipinski definition) is 1. The maximum Gasteiger partial charge on any atom is 0.0784 e. The van der Waals surface area contributed by atoms with Crippen LogP contribution >= 0.6 is 0 Å². The summed E-state index contributed by atoms with van der Waals surface area (Å²) in [6.45, 7) is 3.71. The first-order chi connectivity index (χ1) is 6.41. The third-order valence-electron chi connectivity index (χ3n) is 2.01. The molecule has 0 bridgehead atoms. The normalized spacial score (nSPS) is 10.5. The summed E-state index contributed by atoms with van der Waals surface area (Å²) in [6, 6.07) is 0. The molecule has 0 aromatic heterocycles. The van der Waals surface area contributed by atoms with E-state index in [0.717, 1.165) is 6.42 Å². The molecule has 0 saturated carbocycles. The van der Waals surface area contributed by atoms with Gasteiger partial charge in [-0.05, 0) is 31.8 Å². The number of rotatable bonds is 9. The van der Waals surface area contributed by atoms with Crippen molar-refractivity contribution < 1.29 is 4.74 Å². The Balaban J connectivity index is 2.91. The minimum absolute atomic E-state index is 1.15. The second kappa shape index (κ2) is 11.3. The third-order valence-corrected chi connectivity index (χ3v) is 2.01. The zero-order valence-corrected chi connectivity index (χ0v) is 8.80. The molecule has 13 heavy (non-hydrogen) atoms. The molecule has 1 nitrogen and oxygen atoms in total. The van der Waals surface area contributed by atoms with Gasteiger partial charge in [-0.1, -0.05) is 25.3 Å². The fourth-order valence-electron chi connectivity index (χ4n) is 1.25. The lowest BCUT2D eigenvalue weighted by Gasteiger charge is -1.97. The Morgan fingerprint density at radius 1 is 1.00 bits per heavy atom. The van der Waals surface area contributed by atoms with Crippen molar-refractivity contribution in [2.45, 2.75) is 44.9 Å². The van der Waals surface area contributed by atoms with Gasteiger partial charge in [-0.25, -0.2) is 0 Å². The van der Waals surface area contributed by atoms with E-state index >= 15 is 0 Å². The fraction of sp³-hybridized carbons (Fsp3) is 0.667. The summed E-state index contributed by atoms with van der Waals surface area (Å²) >= 11 is 0. The van der Waals surface area contributed by atoms with Crippen LogP contribution in [0.1, 0.15) is 44.9 Å². The molecule has 1 heteroatoms. The summed E-state index contributed by atoms with van der Waals surface area (Å²) in [5.41, 5.74) is 0. The van der Waals surface area contributed by atoms with E-state index in [1.54, 1.807) is 13.4 Å². The lowest BCUT2D eigenvalue weighted by atomic mass is 10.1. The lowest BCUT2D eigenvalue weighted by Crippen LogP contribution is -1.78. The number of ether oxygens (including phenoxy) is 1. The first kappa shape index (κ1) is 12.3. The van der Waals surface area contributed by atoms with E-state index in [-0.39, 0.29) is 0 Å². The molecule has 0 aromatic rings. The van der Waals surface area contributed by atoms with Crippen LogP contribution in [0.15, 0.2) is 25.0 Å². The average Bonchev–Trinajstić information content (AvgIpc) is 2.16. The quantitative estimate of drug-likeness (QED) is 0.297. The molecule has 76 valence electrons. The van der Waals surface area contributed by atoms with Crippen LogP contribution in [0.25, 0.3) is 0 Å². The van der Waals surface area contributed by atoms with E-state index in [9.17, 15) is 0 Å². The number of methoxy groups -OCH3 is 1. The first-order valence-corrected chi connectivity index (χ1v) is 5.20. The molecular formula is C12H22O.